The molecule has 4 heteroatoms. The minimum Gasteiger partial charge on any atom is -0.339 e. The van der Waals surface area contributed by atoms with Crippen molar-refractivity contribution in [3.05, 3.63) is 47.1 Å². The number of benzene rings is 1. The highest BCUT2D eigenvalue weighted by Gasteiger charge is 2.28. The maximum atomic E-state index is 6.26. The molecule has 102 valence electrons. The van der Waals surface area contributed by atoms with Crippen molar-refractivity contribution >= 4 is 0 Å². The molecule has 0 bridgehead atoms. The van der Waals surface area contributed by atoms with Crippen molar-refractivity contribution in [3.63, 3.8) is 0 Å². The first-order valence-electron chi connectivity index (χ1n) is 6.75. The van der Waals surface area contributed by atoms with Crippen molar-refractivity contribution in [1.82, 2.24) is 10.1 Å². The summed E-state index contributed by atoms with van der Waals surface area (Å²) in [6.45, 7) is 6.15. The predicted octanol–water partition coefficient (Wildman–Crippen LogP) is 2.94. The number of hydrogen-bond acceptors (Lipinski definition) is 4. The fourth-order valence-corrected chi connectivity index (χ4v) is 2.09. The molecule has 0 aliphatic carbocycles. The van der Waals surface area contributed by atoms with Crippen LogP contribution in [-0.2, 0) is 12.0 Å². The predicted molar refractivity (Wildman–Crippen MR) is 74.7 cm³/mol. The van der Waals surface area contributed by atoms with Gasteiger partial charge in [0.2, 0.25) is 5.89 Å². The lowest BCUT2D eigenvalue weighted by Crippen LogP contribution is -2.36. The van der Waals surface area contributed by atoms with Crippen molar-refractivity contribution in [2.75, 3.05) is 0 Å². The summed E-state index contributed by atoms with van der Waals surface area (Å²) in [6, 6.07) is 8.29. The third kappa shape index (κ3) is 3.01. The van der Waals surface area contributed by atoms with E-state index in [0.717, 1.165) is 12.8 Å². The highest BCUT2D eigenvalue weighted by atomic mass is 16.5. The third-order valence-corrected chi connectivity index (χ3v) is 3.61. The molecule has 0 radical (unpaired) electrons. The molecule has 0 aliphatic heterocycles. The molecule has 0 spiro atoms. The first kappa shape index (κ1) is 13.7. The normalized spacial score (nSPS) is 11.8. The van der Waals surface area contributed by atoms with Gasteiger partial charge >= 0.3 is 0 Å². The van der Waals surface area contributed by atoms with E-state index in [2.05, 4.69) is 35.3 Å². The molecule has 0 saturated heterocycles. The summed E-state index contributed by atoms with van der Waals surface area (Å²) in [7, 11) is 0. The Balaban J connectivity index is 2.18. The summed E-state index contributed by atoms with van der Waals surface area (Å²) < 4.78 is 5.32. The van der Waals surface area contributed by atoms with E-state index in [1.54, 1.807) is 0 Å². The lowest BCUT2D eigenvalue weighted by atomic mass is 9.93. The Morgan fingerprint density at radius 3 is 2.63 bits per heavy atom. The third-order valence-electron chi connectivity index (χ3n) is 3.61. The molecule has 0 saturated carbocycles. The van der Waals surface area contributed by atoms with Crippen molar-refractivity contribution in [3.8, 4) is 0 Å². The molecule has 0 atom stereocenters. The van der Waals surface area contributed by atoms with Crippen molar-refractivity contribution < 1.29 is 4.52 Å². The van der Waals surface area contributed by atoms with Crippen LogP contribution in [0.4, 0.5) is 0 Å². The number of rotatable bonds is 5. The van der Waals surface area contributed by atoms with Crippen LogP contribution in [0.25, 0.3) is 0 Å². The number of nitrogens with two attached hydrogens (primary N) is 1. The number of aromatic nitrogens is 2. The molecule has 1 aromatic heterocycles. The zero-order valence-corrected chi connectivity index (χ0v) is 11.8. The van der Waals surface area contributed by atoms with Gasteiger partial charge in [-0.05, 0) is 25.3 Å². The van der Waals surface area contributed by atoms with Gasteiger partial charge in [-0.25, -0.2) is 0 Å². The van der Waals surface area contributed by atoms with Gasteiger partial charge in [0.1, 0.15) is 0 Å². The maximum Gasteiger partial charge on any atom is 0.231 e. The van der Waals surface area contributed by atoms with Crippen molar-refractivity contribution in [1.29, 1.82) is 0 Å². The average molecular weight is 259 g/mol. The lowest BCUT2D eigenvalue weighted by molar-refractivity contribution is 0.337. The quantitative estimate of drug-likeness (QED) is 0.896. The Hall–Kier alpha value is -1.68. The van der Waals surface area contributed by atoms with Gasteiger partial charge in [-0.1, -0.05) is 48.8 Å². The first-order valence-corrected chi connectivity index (χ1v) is 6.75. The van der Waals surface area contributed by atoms with Crippen LogP contribution in [0, 0.1) is 6.92 Å². The average Bonchev–Trinajstić information content (AvgIpc) is 2.87. The van der Waals surface area contributed by atoms with Crippen LogP contribution in [-0.4, -0.2) is 10.1 Å². The van der Waals surface area contributed by atoms with Crippen LogP contribution in [0.1, 0.15) is 49.5 Å². The second-order valence-corrected chi connectivity index (χ2v) is 5.04. The monoisotopic (exact) mass is 259 g/mol. The van der Waals surface area contributed by atoms with Crippen LogP contribution >= 0.6 is 0 Å². The standard InChI is InChI=1S/C15H21N3O/c1-4-15(16,5-2)14-17-13(19-18-14)10-12-8-6-7-11(3)9-12/h6-9H,4-5,10,16H2,1-3H3. The summed E-state index contributed by atoms with van der Waals surface area (Å²) in [5.74, 6) is 1.23. The van der Waals surface area contributed by atoms with Crippen LogP contribution in [0.2, 0.25) is 0 Å². The van der Waals surface area contributed by atoms with E-state index in [-0.39, 0.29) is 0 Å². The summed E-state index contributed by atoms with van der Waals surface area (Å²) in [6.07, 6.45) is 2.25. The number of hydrogen-bond donors (Lipinski definition) is 1. The Kier molecular flexibility index (Phi) is 4.00. The smallest absolute Gasteiger partial charge is 0.231 e. The van der Waals surface area contributed by atoms with Crippen LogP contribution < -0.4 is 5.73 Å². The molecular formula is C15H21N3O. The van der Waals surface area contributed by atoms with E-state index in [4.69, 9.17) is 10.3 Å². The zero-order valence-electron chi connectivity index (χ0n) is 11.8. The Morgan fingerprint density at radius 2 is 2.00 bits per heavy atom. The molecule has 0 amide bonds. The number of nitrogens with zero attached hydrogens (tertiary/aromatic N) is 2. The van der Waals surface area contributed by atoms with E-state index < -0.39 is 5.54 Å². The van der Waals surface area contributed by atoms with Gasteiger partial charge < -0.3 is 10.3 Å². The molecule has 0 unspecified atom stereocenters. The van der Waals surface area contributed by atoms with Gasteiger partial charge in [0, 0.05) is 0 Å². The van der Waals surface area contributed by atoms with Crippen LogP contribution in [0.5, 0.6) is 0 Å². The second-order valence-electron chi connectivity index (χ2n) is 5.04. The molecule has 1 aromatic carbocycles. The molecule has 0 fully saturated rings. The molecule has 2 aromatic rings. The molecule has 19 heavy (non-hydrogen) atoms. The van der Waals surface area contributed by atoms with Crippen LogP contribution in [0.3, 0.4) is 0 Å². The fourth-order valence-electron chi connectivity index (χ4n) is 2.09. The Morgan fingerprint density at radius 1 is 1.26 bits per heavy atom. The van der Waals surface area contributed by atoms with Crippen LogP contribution in [0.15, 0.2) is 28.8 Å². The van der Waals surface area contributed by atoms with E-state index >= 15 is 0 Å². The van der Waals surface area contributed by atoms with Gasteiger partial charge in [-0.15, -0.1) is 0 Å². The number of aryl methyl sites for hydroxylation is 1. The van der Waals surface area contributed by atoms with Gasteiger partial charge in [0.15, 0.2) is 5.82 Å². The minimum atomic E-state index is -0.478. The highest BCUT2D eigenvalue weighted by Crippen LogP contribution is 2.23. The maximum absolute atomic E-state index is 6.26. The summed E-state index contributed by atoms with van der Waals surface area (Å²) in [4.78, 5) is 4.45. The van der Waals surface area contributed by atoms with E-state index in [1.807, 2.05) is 19.9 Å². The summed E-state index contributed by atoms with van der Waals surface area (Å²) in [5, 5.41) is 4.04. The highest BCUT2D eigenvalue weighted by molar-refractivity contribution is 5.24. The van der Waals surface area contributed by atoms with E-state index in [9.17, 15) is 0 Å². The van der Waals surface area contributed by atoms with E-state index in [1.165, 1.54) is 11.1 Å². The fraction of sp³-hybridized carbons (Fsp3) is 0.467. The first-order chi connectivity index (χ1) is 9.07. The van der Waals surface area contributed by atoms with Gasteiger partial charge in [0.05, 0.1) is 12.0 Å². The lowest BCUT2D eigenvalue weighted by Gasteiger charge is -2.21. The summed E-state index contributed by atoms with van der Waals surface area (Å²) in [5.41, 5.74) is 8.19. The van der Waals surface area contributed by atoms with Gasteiger partial charge in [0.25, 0.3) is 0 Å². The molecule has 4 nitrogen and oxygen atoms in total. The molecule has 0 aliphatic rings. The SMILES string of the molecule is CCC(N)(CC)c1noc(Cc2cccc(C)c2)n1. The molecule has 2 N–H and O–H groups in total. The van der Waals surface area contributed by atoms with Gasteiger partial charge in [-0.3, -0.25) is 0 Å². The molecule has 1 heterocycles. The molecular weight excluding hydrogens is 238 g/mol. The largest absolute Gasteiger partial charge is 0.339 e. The zero-order chi connectivity index (χ0) is 13.9. The van der Waals surface area contributed by atoms with Gasteiger partial charge in [-0.2, -0.15) is 4.98 Å². The Labute approximate surface area is 114 Å². The Bertz CT molecular complexity index is 544. The van der Waals surface area contributed by atoms with E-state index in [0.29, 0.717) is 18.1 Å². The van der Waals surface area contributed by atoms with Crippen molar-refractivity contribution in [2.24, 2.45) is 5.73 Å². The summed E-state index contributed by atoms with van der Waals surface area (Å²) >= 11 is 0. The molecule has 2 rings (SSSR count). The minimum absolute atomic E-state index is 0.478. The second kappa shape index (κ2) is 5.53. The topological polar surface area (TPSA) is 64.9 Å². The van der Waals surface area contributed by atoms with Crippen molar-refractivity contribution in [2.45, 2.75) is 45.6 Å².